The molecule has 0 spiro atoms. The van der Waals surface area contributed by atoms with E-state index in [0.717, 1.165) is 48.4 Å². The van der Waals surface area contributed by atoms with E-state index in [9.17, 15) is 0 Å². The average molecular weight is 433 g/mol. The van der Waals surface area contributed by atoms with Gasteiger partial charge in [0.25, 0.3) is 0 Å². The first-order valence-electron chi connectivity index (χ1n) is 12.5. The second kappa shape index (κ2) is 7.50. The molecule has 7 rings (SSSR count). The lowest BCUT2D eigenvalue weighted by Gasteiger charge is -2.65. The number of benzene rings is 2. The molecule has 168 valence electrons. The normalized spacial score (nSPS) is 38.5. The van der Waals surface area contributed by atoms with Crippen molar-refractivity contribution in [3.8, 4) is 11.5 Å². The Bertz CT molecular complexity index is 900. The van der Waals surface area contributed by atoms with Gasteiger partial charge in [0, 0.05) is 5.41 Å². The third kappa shape index (κ3) is 3.18. The van der Waals surface area contributed by atoms with Crippen LogP contribution in [0.25, 0.3) is 0 Å². The van der Waals surface area contributed by atoms with Gasteiger partial charge in [-0.05, 0) is 78.3 Å². The third-order valence-electron chi connectivity index (χ3n) is 8.93. The highest BCUT2D eigenvalue weighted by Gasteiger charge is 2.64. The molecule has 3 saturated carbocycles. The summed E-state index contributed by atoms with van der Waals surface area (Å²) in [5.74, 6) is 5.24. The molecule has 5 fully saturated rings. The van der Waals surface area contributed by atoms with E-state index < -0.39 is 0 Å². The lowest BCUT2D eigenvalue weighted by molar-refractivity contribution is -0.0677. The van der Waals surface area contributed by atoms with Crippen LogP contribution in [0.5, 0.6) is 11.5 Å². The van der Waals surface area contributed by atoms with Crippen LogP contribution in [0, 0.1) is 23.7 Å². The van der Waals surface area contributed by atoms with Crippen LogP contribution in [0.1, 0.15) is 43.2 Å². The van der Waals surface area contributed by atoms with Crippen LogP contribution in [0.15, 0.2) is 48.5 Å². The van der Waals surface area contributed by atoms with Gasteiger partial charge in [-0.3, -0.25) is 0 Å². The van der Waals surface area contributed by atoms with Crippen molar-refractivity contribution in [2.45, 2.75) is 49.7 Å². The van der Waals surface area contributed by atoms with Crippen molar-refractivity contribution in [2.75, 3.05) is 26.4 Å². The molecule has 0 aromatic heterocycles. The van der Waals surface area contributed by atoms with Gasteiger partial charge < -0.3 is 18.9 Å². The van der Waals surface area contributed by atoms with Gasteiger partial charge in [-0.1, -0.05) is 37.1 Å². The lowest BCUT2D eigenvalue weighted by Crippen LogP contribution is -2.61. The fraction of sp³-hybridized carbons (Fsp3) is 0.571. The Morgan fingerprint density at radius 3 is 1.84 bits per heavy atom. The van der Waals surface area contributed by atoms with E-state index in [1.54, 1.807) is 0 Å². The van der Waals surface area contributed by atoms with Gasteiger partial charge in [0.15, 0.2) is 0 Å². The Labute approximate surface area is 190 Å². The highest BCUT2D eigenvalue weighted by Crippen LogP contribution is 2.69. The predicted octanol–water partition coefficient (Wildman–Crippen LogP) is 4.98. The Balaban J connectivity index is 1.20. The fourth-order valence-electron chi connectivity index (χ4n) is 7.30. The standard InChI is InChI=1S/C28H32O4/c1-2-18-12-21-13-27(26(18)3-1)28(21,19-4-8-22(9-5-19)29-14-24-16-31-24)20-6-10-23(11-7-20)30-15-25-17-32-25/h4-11,18,21,24-27H,1-3,12-17H2. The van der Waals surface area contributed by atoms with Crippen molar-refractivity contribution in [3.63, 3.8) is 0 Å². The van der Waals surface area contributed by atoms with Gasteiger partial charge in [-0.2, -0.15) is 0 Å². The number of fused-ring (bicyclic) bond motifs is 4. The number of rotatable bonds is 8. The van der Waals surface area contributed by atoms with E-state index in [2.05, 4.69) is 48.5 Å². The lowest BCUT2D eigenvalue weighted by atomic mass is 9.39. The summed E-state index contributed by atoms with van der Waals surface area (Å²) in [6, 6.07) is 18.1. The average Bonchev–Trinajstić information content (AvgIpc) is 3.76. The van der Waals surface area contributed by atoms with Gasteiger partial charge in [-0.25, -0.2) is 0 Å². The molecule has 4 nitrogen and oxygen atoms in total. The van der Waals surface area contributed by atoms with Crippen LogP contribution in [0.4, 0.5) is 0 Å². The Hall–Kier alpha value is -2.04. The molecule has 0 radical (unpaired) electrons. The van der Waals surface area contributed by atoms with Crippen LogP contribution in [-0.2, 0) is 14.9 Å². The molecule has 2 aromatic carbocycles. The zero-order valence-electron chi connectivity index (χ0n) is 18.6. The van der Waals surface area contributed by atoms with Crippen molar-refractivity contribution >= 4 is 0 Å². The van der Waals surface area contributed by atoms with Crippen LogP contribution in [0.3, 0.4) is 0 Å². The van der Waals surface area contributed by atoms with E-state index in [1.807, 2.05) is 0 Å². The number of ether oxygens (including phenoxy) is 4. The summed E-state index contributed by atoms with van der Waals surface area (Å²) in [6.07, 6.45) is 7.62. The summed E-state index contributed by atoms with van der Waals surface area (Å²) >= 11 is 0. The largest absolute Gasteiger partial charge is 0.491 e. The summed E-state index contributed by atoms with van der Waals surface area (Å²) in [6.45, 7) is 2.99. The minimum atomic E-state index is 0.141. The topological polar surface area (TPSA) is 43.5 Å². The molecule has 2 heterocycles. The fourth-order valence-corrected chi connectivity index (χ4v) is 7.30. The van der Waals surface area contributed by atoms with E-state index >= 15 is 0 Å². The molecule has 5 aliphatic rings. The summed E-state index contributed by atoms with van der Waals surface area (Å²) in [5, 5.41) is 0. The van der Waals surface area contributed by atoms with Crippen LogP contribution >= 0.6 is 0 Å². The van der Waals surface area contributed by atoms with Crippen molar-refractivity contribution in [1.29, 1.82) is 0 Å². The minimum absolute atomic E-state index is 0.141. The van der Waals surface area contributed by atoms with Crippen molar-refractivity contribution in [1.82, 2.24) is 0 Å². The van der Waals surface area contributed by atoms with Crippen molar-refractivity contribution in [2.24, 2.45) is 23.7 Å². The minimum Gasteiger partial charge on any atom is -0.491 e. The van der Waals surface area contributed by atoms with E-state index in [-0.39, 0.29) is 5.41 Å². The molecule has 4 heteroatoms. The molecule has 2 bridgehead atoms. The number of hydrogen-bond acceptors (Lipinski definition) is 4. The summed E-state index contributed by atoms with van der Waals surface area (Å²) in [4.78, 5) is 0. The summed E-state index contributed by atoms with van der Waals surface area (Å²) in [5.41, 5.74) is 3.08. The second-order valence-electron chi connectivity index (χ2n) is 10.6. The van der Waals surface area contributed by atoms with Crippen LogP contribution < -0.4 is 9.47 Å². The monoisotopic (exact) mass is 432 g/mol. The van der Waals surface area contributed by atoms with E-state index in [1.165, 1.54) is 43.2 Å². The Morgan fingerprint density at radius 1 is 0.750 bits per heavy atom. The molecule has 0 amide bonds. The smallest absolute Gasteiger partial charge is 0.119 e. The molecule has 2 saturated heterocycles. The number of hydrogen-bond donors (Lipinski definition) is 0. The van der Waals surface area contributed by atoms with Gasteiger partial charge in [0.05, 0.1) is 13.2 Å². The first-order chi connectivity index (χ1) is 15.8. The molecular weight excluding hydrogens is 400 g/mol. The maximum Gasteiger partial charge on any atom is 0.119 e. The second-order valence-corrected chi connectivity index (χ2v) is 10.6. The first kappa shape index (κ1) is 19.4. The molecular formula is C28H32O4. The van der Waals surface area contributed by atoms with Crippen LogP contribution in [-0.4, -0.2) is 38.6 Å². The predicted molar refractivity (Wildman–Crippen MR) is 121 cm³/mol. The van der Waals surface area contributed by atoms with Gasteiger partial charge in [0.1, 0.15) is 36.9 Å². The van der Waals surface area contributed by atoms with Crippen molar-refractivity contribution < 1.29 is 18.9 Å². The molecule has 3 aliphatic carbocycles. The molecule has 0 N–H and O–H groups in total. The molecule has 2 aromatic rings. The third-order valence-corrected chi connectivity index (χ3v) is 8.93. The van der Waals surface area contributed by atoms with Gasteiger partial charge >= 0.3 is 0 Å². The van der Waals surface area contributed by atoms with Gasteiger partial charge in [-0.15, -0.1) is 0 Å². The summed E-state index contributed by atoms with van der Waals surface area (Å²) < 4.78 is 22.4. The maximum atomic E-state index is 5.93. The zero-order chi connectivity index (χ0) is 21.1. The highest BCUT2D eigenvalue weighted by molar-refractivity contribution is 5.49. The summed E-state index contributed by atoms with van der Waals surface area (Å²) in [7, 11) is 0. The number of epoxide rings is 2. The quantitative estimate of drug-likeness (QED) is 0.552. The Morgan fingerprint density at radius 2 is 1.31 bits per heavy atom. The highest BCUT2D eigenvalue weighted by atomic mass is 16.6. The molecule has 32 heavy (non-hydrogen) atoms. The maximum absolute atomic E-state index is 5.93. The van der Waals surface area contributed by atoms with E-state index in [4.69, 9.17) is 18.9 Å². The van der Waals surface area contributed by atoms with Gasteiger partial charge in [0.2, 0.25) is 0 Å². The zero-order valence-corrected chi connectivity index (χ0v) is 18.6. The molecule has 6 unspecified atom stereocenters. The SMILES string of the molecule is c1cc(C2(c3ccc(OCC4CO4)cc3)C3CC4CCCC4C2C3)ccc1OCC1CO1. The van der Waals surface area contributed by atoms with Crippen LogP contribution in [0.2, 0.25) is 0 Å². The Kier molecular flexibility index (Phi) is 4.55. The van der Waals surface area contributed by atoms with Crippen molar-refractivity contribution in [3.05, 3.63) is 59.7 Å². The molecule has 2 aliphatic heterocycles. The first-order valence-corrected chi connectivity index (χ1v) is 12.5. The van der Waals surface area contributed by atoms with E-state index in [0.29, 0.717) is 25.4 Å². The molecule has 6 atom stereocenters.